The molecule has 0 heterocycles. The molecule has 0 saturated heterocycles. The highest BCUT2D eigenvalue weighted by molar-refractivity contribution is 5.51. The smallest absolute Gasteiger partial charge is 0.119 e. The summed E-state index contributed by atoms with van der Waals surface area (Å²) in [6, 6.07) is 27.9. The summed E-state index contributed by atoms with van der Waals surface area (Å²) in [4.78, 5) is 0. The van der Waals surface area contributed by atoms with Gasteiger partial charge in [-0.05, 0) is 59.6 Å². The van der Waals surface area contributed by atoms with Crippen LogP contribution in [0.25, 0.3) is 6.08 Å². The minimum absolute atomic E-state index is 0.0862. The van der Waals surface area contributed by atoms with Crippen LogP contribution in [0.5, 0.6) is 5.75 Å². The third-order valence-corrected chi connectivity index (χ3v) is 5.09. The van der Waals surface area contributed by atoms with Crippen LogP contribution in [0.15, 0.2) is 84.9 Å². The van der Waals surface area contributed by atoms with Crippen molar-refractivity contribution in [3.8, 4) is 5.75 Å². The molecule has 3 aromatic rings. The van der Waals surface area contributed by atoms with Crippen LogP contribution in [0.3, 0.4) is 0 Å². The van der Waals surface area contributed by atoms with Gasteiger partial charge in [-0.2, -0.15) is 0 Å². The van der Waals surface area contributed by atoms with Crippen molar-refractivity contribution >= 4 is 6.08 Å². The first-order valence-electron chi connectivity index (χ1n) is 10.1. The molecule has 1 heteroatoms. The Kier molecular flexibility index (Phi) is 6.71. The molecule has 0 aliphatic heterocycles. The minimum atomic E-state index is 0.0862. The van der Waals surface area contributed by atoms with Gasteiger partial charge in [-0.3, -0.25) is 0 Å². The van der Waals surface area contributed by atoms with E-state index in [9.17, 15) is 0 Å². The third-order valence-electron chi connectivity index (χ3n) is 5.09. The van der Waals surface area contributed by atoms with Gasteiger partial charge in [-0.15, -0.1) is 0 Å². The van der Waals surface area contributed by atoms with E-state index < -0.39 is 0 Å². The van der Waals surface area contributed by atoms with Crippen LogP contribution in [0.4, 0.5) is 0 Å². The molecule has 0 aromatic heterocycles. The van der Waals surface area contributed by atoms with E-state index in [0.717, 1.165) is 18.6 Å². The summed E-state index contributed by atoms with van der Waals surface area (Å²) < 4.78 is 5.55. The predicted octanol–water partition coefficient (Wildman–Crippen LogP) is 7.06. The van der Waals surface area contributed by atoms with Gasteiger partial charge in [-0.1, -0.05) is 92.7 Å². The zero-order valence-electron chi connectivity index (χ0n) is 17.2. The molecule has 0 aliphatic carbocycles. The quantitative estimate of drug-likeness (QED) is 0.412. The van der Waals surface area contributed by atoms with Crippen LogP contribution in [0.2, 0.25) is 0 Å². The molecule has 144 valence electrons. The molecule has 3 rings (SSSR count). The fourth-order valence-electron chi connectivity index (χ4n) is 3.41. The molecule has 0 fully saturated rings. The standard InChI is InChI=1S/C27H30O/c1-4-28-26-17-15-25(16-18-26)27(2,3)19-9-14-23-12-8-13-24(21-23)20-22-10-6-5-7-11-22/h5-18,21H,4,19-20H2,1-3H3. The first-order chi connectivity index (χ1) is 13.6. The first kappa shape index (κ1) is 19.9. The first-order valence-corrected chi connectivity index (χ1v) is 10.1. The molecular weight excluding hydrogens is 340 g/mol. The lowest BCUT2D eigenvalue weighted by atomic mass is 9.81. The van der Waals surface area contributed by atoms with Gasteiger partial charge in [0.1, 0.15) is 5.75 Å². The molecule has 0 spiro atoms. The maximum atomic E-state index is 5.55. The highest BCUT2D eigenvalue weighted by Gasteiger charge is 2.18. The van der Waals surface area contributed by atoms with Crippen LogP contribution in [0.1, 0.15) is 49.4 Å². The van der Waals surface area contributed by atoms with Crippen molar-refractivity contribution in [3.05, 3.63) is 107 Å². The molecular formula is C27H30O. The second kappa shape index (κ2) is 9.41. The average Bonchev–Trinajstić information content (AvgIpc) is 2.70. The van der Waals surface area contributed by atoms with Gasteiger partial charge in [0, 0.05) is 0 Å². The summed E-state index contributed by atoms with van der Waals surface area (Å²) in [5.74, 6) is 0.938. The molecule has 0 saturated carbocycles. The molecule has 1 nitrogen and oxygen atoms in total. The summed E-state index contributed by atoms with van der Waals surface area (Å²) in [5.41, 5.74) is 5.37. The maximum absolute atomic E-state index is 5.55. The fourth-order valence-corrected chi connectivity index (χ4v) is 3.41. The van der Waals surface area contributed by atoms with Crippen molar-refractivity contribution in [2.75, 3.05) is 6.61 Å². The van der Waals surface area contributed by atoms with Gasteiger partial charge >= 0.3 is 0 Å². The number of benzene rings is 3. The maximum Gasteiger partial charge on any atom is 0.119 e. The molecule has 0 unspecified atom stereocenters. The number of ether oxygens (including phenoxy) is 1. The number of hydrogen-bond donors (Lipinski definition) is 0. The molecule has 0 atom stereocenters. The molecule has 0 amide bonds. The lowest BCUT2D eigenvalue weighted by Gasteiger charge is -2.24. The van der Waals surface area contributed by atoms with E-state index in [0.29, 0.717) is 6.61 Å². The summed E-state index contributed by atoms with van der Waals surface area (Å²) >= 11 is 0. The normalized spacial score (nSPS) is 11.7. The zero-order valence-corrected chi connectivity index (χ0v) is 17.2. The monoisotopic (exact) mass is 370 g/mol. The van der Waals surface area contributed by atoms with Crippen molar-refractivity contribution in [1.82, 2.24) is 0 Å². The van der Waals surface area contributed by atoms with Crippen molar-refractivity contribution in [2.45, 2.75) is 39.0 Å². The van der Waals surface area contributed by atoms with Crippen LogP contribution in [-0.4, -0.2) is 6.61 Å². The second-order valence-corrected chi connectivity index (χ2v) is 7.86. The van der Waals surface area contributed by atoms with Gasteiger partial charge in [0.15, 0.2) is 0 Å². The molecule has 0 N–H and O–H groups in total. The molecule has 28 heavy (non-hydrogen) atoms. The van der Waals surface area contributed by atoms with Crippen LogP contribution in [0, 0.1) is 0 Å². The van der Waals surface area contributed by atoms with E-state index in [-0.39, 0.29) is 5.41 Å². The Morgan fingerprint density at radius 3 is 2.25 bits per heavy atom. The predicted molar refractivity (Wildman–Crippen MR) is 120 cm³/mol. The third kappa shape index (κ3) is 5.60. The summed E-state index contributed by atoms with van der Waals surface area (Å²) in [6.45, 7) is 7.30. The number of rotatable bonds is 8. The van der Waals surface area contributed by atoms with Crippen molar-refractivity contribution in [1.29, 1.82) is 0 Å². The van der Waals surface area contributed by atoms with Gasteiger partial charge in [0.05, 0.1) is 6.61 Å². The van der Waals surface area contributed by atoms with Gasteiger partial charge in [0.2, 0.25) is 0 Å². The highest BCUT2D eigenvalue weighted by atomic mass is 16.5. The molecule has 0 aliphatic rings. The largest absolute Gasteiger partial charge is 0.494 e. The van der Waals surface area contributed by atoms with Gasteiger partial charge < -0.3 is 4.74 Å². The topological polar surface area (TPSA) is 9.23 Å². The average molecular weight is 371 g/mol. The van der Waals surface area contributed by atoms with Crippen molar-refractivity contribution < 1.29 is 4.74 Å². The molecule has 0 radical (unpaired) electrons. The minimum Gasteiger partial charge on any atom is -0.494 e. The Morgan fingerprint density at radius 1 is 0.821 bits per heavy atom. The van der Waals surface area contributed by atoms with Gasteiger partial charge in [-0.25, -0.2) is 0 Å². The van der Waals surface area contributed by atoms with Crippen LogP contribution >= 0.6 is 0 Å². The Labute approximate surface area is 169 Å². The van der Waals surface area contributed by atoms with Crippen molar-refractivity contribution in [3.63, 3.8) is 0 Å². The van der Waals surface area contributed by atoms with E-state index in [2.05, 4.69) is 105 Å². The SMILES string of the molecule is CCOc1ccc(C(C)(C)CC=Cc2cccc(Cc3ccccc3)c2)cc1. The Morgan fingerprint density at radius 2 is 1.54 bits per heavy atom. The molecule has 0 bridgehead atoms. The summed E-state index contributed by atoms with van der Waals surface area (Å²) in [6.07, 6.45) is 6.49. The van der Waals surface area contributed by atoms with E-state index in [1.165, 1.54) is 22.3 Å². The second-order valence-electron chi connectivity index (χ2n) is 7.86. The van der Waals surface area contributed by atoms with Gasteiger partial charge in [0.25, 0.3) is 0 Å². The van der Waals surface area contributed by atoms with E-state index in [4.69, 9.17) is 4.74 Å². The highest BCUT2D eigenvalue weighted by Crippen LogP contribution is 2.29. The van der Waals surface area contributed by atoms with E-state index in [1.54, 1.807) is 0 Å². The zero-order chi connectivity index (χ0) is 19.8. The van der Waals surface area contributed by atoms with Crippen LogP contribution < -0.4 is 4.74 Å². The lowest BCUT2D eigenvalue weighted by molar-refractivity contribution is 0.340. The van der Waals surface area contributed by atoms with Crippen molar-refractivity contribution in [2.24, 2.45) is 0 Å². The summed E-state index contributed by atoms with van der Waals surface area (Å²) in [7, 11) is 0. The number of hydrogen-bond acceptors (Lipinski definition) is 1. The molecule has 3 aromatic carbocycles. The van der Waals surface area contributed by atoms with Crippen LogP contribution in [-0.2, 0) is 11.8 Å². The fraction of sp³-hybridized carbons (Fsp3) is 0.259. The van der Waals surface area contributed by atoms with E-state index in [1.807, 2.05) is 6.92 Å². The Hall–Kier alpha value is -2.80. The number of allylic oxidation sites excluding steroid dienone is 1. The summed E-state index contributed by atoms with van der Waals surface area (Å²) in [5, 5.41) is 0. The van der Waals surface area contributed by atoms with E-state index >= 15 is 0 Å². The Balaban J connectivity index is 1.64. The Bertz CT molecular complexity index is 889. The lowest BCUT2D eigenvalue weighted by Crippen LogP contribution is -2.15.